The molecule has 0 atom stereocenters. The van der Waals surface area contributed by atoms with Gasteiger partial charge in [0.05, 0.1) is 12.2 Å². The Morgan fingerprint density at radius 2 is 1.65 bits per heavy atom. The van der Waals surface area contributed by atoms with Crippen molar-refractivity contribution in [3.8, 4) is 0 Å². The monoisotopic (exact) mass is 283 g/mol. The highest BCUT2D eigenvalue weighted by molar-refractivity contribution is 5.95. The standard InChI is InChI=1S/C13H21N3O4/c1-8(2)19-12(17)10(13(18)20-9(3)4)6-11-14-7-15-16(11)5/h7-10H,6H2,1-5H3. The highest BCUT2D eigenvalue weighted by atomic mass is 16.6. The van der Waals surface area contributed by atoms with Gasteiger partial charge in [0, 0.05) is 13.5 Å². The maximum absolute atomic E-state index is 12.0. The molecule has 112 valence electrons. The van der Waals surface area contributed by atoms with Gasteiger partial charge in [0.15, 0.2) is 5.92 Å². The summed E-state index contributed by atoms with van der Waals surface area (Å²) in [6.07, 6.45) is 0.884. The molecule has 0 amide bonds. The number of ether oxygens (including phenoxy) is 2. The number of rotatable bonds is 6. The molecule has 1 heterocycles. The number of aromatic nitrogens is 3. The number of esters is 2. The number of hydrogen-bond acceptors (Lipinski definition) is 6. The van der Waals surface area contributed by atoms with Crippen LogP contribution in [-0.4, -0.2) is 38.9 Å². The summed E-state index contributed by atoms with van der Waals surface area (Å²) in [6.45, 7) is 6.91. The van der Waals surface area contributed by atoms with Crippen LogP contribution in [0, 0.1) is 5.92 Å². The molecule has 0 saturated heterocycles. The minimum Gasteiger partial charge on any atom is -0.462 e. The van der Waals surface area contributed by atoms with Crippen LogP contribution in [0.1, 0.15) is 33.5 Å². The van der Waals surface area contributed by atoms with Crippen molar-refractivity contribution in [1.29, 1.82) is 0 Å². The Balaban J connectivity index is 2.86. The zero-order valence-electron chi connectivity index (χ0n) is 12.5. The van der Waals surface area contributed by atoms with Crippen LogP contribution in [0.15, 0.2) is 6.33 Å². The zero-order valence-corrected chi connectivity index (χ0v) is 12.5. The van der Waals surface area contributed by atoms with Gasteiger partial charge in [0.1, 0.15) is 12.2 Å². The van der Waals surface area contributed by atoms with E-state index in [1.807, 2.05) is 0 Å². The van der Waals surface area contributed by atoms with Crippen LogP contribution in [-0.2, 0) is 32.5 Å². The Morgan fingerprint density at radius 3 is 2.00 bits per heavy atom. The van der Waals surface area contributed by atoms with Crippen molar-refractivity contribution in [2.45, 2.75) is 46.3 Å². The maximum atomic E-state index is 12.0. The topological polar surface area (TPSA) is 83.3 Å². The van der Waals surface area contributed by atoms with Gasteiger partial charge in [0.2, 0.25) is 0 Å². The average Bonchev–Trinajstić information content (AvgIpc) is 2.69. The Bertz CT molecular complexity index is 446. The minimum absolute atomic E-state index is 0.105. The van der Waals surface area contributed by atoms with Crippen molar-refractivity contribution >= 4 is 11.9 Å². The van der Waals surface area contributed by atoms with E-state index in [4.69, 9.17) is 9.47 Å². The van der Waals surface area contributed by atoms with Gasteiger partial charge in [-0.05, 0) is 27.7 Å². The average molecular weight is 283 g/mol. The van der Waals surface area contributed by atoms with Crippen molar-refractivity contribution < 1.29 is 19.1 Å². The van der Waals surface area contributed by atoms with E-state index >= 15 is 0 Å². The quantitative estimate of drug-likeness (QED) is 0.569. The Morgan fingerprint density at radius 1 is 1.15 bits per heavy atom. The van der Waals surface area contributed by atoms with Crippen LogP contribution in [0.5, 0.6) is 0 Å². The van der Waals surface area contributed by atoms with Crippen molar-refractivity contribution in [3.63, 3.8) is 0 Å². The van der Waals surface area contributed by atoms with Crippen LogP contribution in [0.25, 0.3) is 0 Å². The van der Waals surface area contributed by atoms with E-state index in [0.717, 1.165) is 0 Å². The highest BCUT2D eigenvalue weighted by Crippen LogP contribution is 2.13. The summed E-state index contributed by atoms with van der Waals surface area (Å²) in [5, 5.41) is 3.91. The van der Waals surface area contributed by atoms with Gasteiger partial charge in [0.25, 0.3) is 0 Å². The molecule has 20 heavy (non-hydrogen) atoms. The fraction of sp³-hybridized carbons (Fsp3) is 0.692. The predicted molar refractivity (Wildman–Crippen MR) is 70.7 cm³/mol. The molecule has 0 aliphatic carbocycles. The summed E-state index contributed by atoms with van der Waals surface area (Å²) in [6, 6.07) is 0. The molecule has 0 bridgehead atoms. The van der Waals surface area contributed by atoms with E-state index in [9.17, 15) is 9.59 Å². The largest absolute Gasteiger partial charge is 0.462 e. The molecule has 7 nitrogen and oxygen atoms in total. The lowest BCUT2D eigenvalue weighted by Gasteiger charge is -2.17. The predicted octanol–water partition coefficient (Wildman–Crippen LogP) is 0.877. The third-order valence-electron chi connectivity index (χ3n) is 2.46. The van der Waals surface area contributed by atoms with Crippen molar-refractivity contribution in [3.05, 3.63) is 12.2 Å². The summed E-state index contributed by atoms with van der Waals surface area (Å²) >= 11 is 0. The second-order valence-electron chi connectivity index (χ2n) is 5.03. The Labute approximate surface area is 118 Å². The molecular formula is C13H21N3O4. The molecule has 0 aliphatic heterocycles. The SMILES string of the molecule is CC(C)OC(=O)C(Cc1ncnn1C)C(=O)OC(C)C. The van der Waals surface area contributed by atoms with Crippen LogP contribution in [0.2, 0.25) is 0 Å². The lowest BCUT2D eigenvalue weighted by molar-refractivity contribution is -0.166. The number of carbonyl (C=O) groups excluding carboxylic acids is 2. The van der Waals surface area contributed by atoms with E-state index in [2.05, 4.69) is 10.1 Å². The first kappa shape index (κ1) is 16.1. The number of carbonyl (C=O) groups is 2. The maximum Gasteiger partial charge on any atom is 0.321 e. The number of aryl methyl sites for hydroxylation is 1. The van der Waals surface area contributed by atoms with Crippen LogP contribution >= 0.6 is 0 Å². The molecule has 0 unspecified atom stereocenters. The van der Waals surface area contributed by atoms with Crippen molar-refractivity contribution in [1.82, 2.24) is 14.8 Å². The molecule has 0 fully saturated rings. The normalized spacial score (nSPS) is 11.2. The third kappa shape index (κ3) is 4.64. The Hall–Kier alpha value is -1.92. The molecule has 1 rings (SSSR count). The van der Waals surface area contributed by atoms with Gasteiger partial charge >= 0.3 is 11.9 Å². The van der Waals surface area contributed by atoms with E-state index in [1.165, 1.54) is 11.0 Å². The summed E-state index contributed by atoms with van der Waals surface area (Å²) in [5.74, 6) is -1.71. The van der Waals surface area contributed by atoms with Crippen LogP contribution in [0.4, 0.5) is 0 Å². The number of hydrogen-bond donors (Lipinski definition) is 0. The molecule has 1 aromatic rings. The number of nitrogens with zero attached hydrogens (tertiary/aromatic N) is 3. The highest BCUT2D eigenvalue weighted by Gasteiger charge is 2.32. The first-order chi connectivity index (χ1) is 9.31. The zero-order chi connectivity index (χ0) is 15.3. The minimum atomic E-state index is -1.03. The molecule has 0 saturated carbocycles. The second-order valence-corrected chi connectivity index (χ2v) is 5.03. The lowest BCUT2D eigenvalue weighted by Crippen LogP contribution is -2.33. The van der Waals surface area contributed by atoms with Gasteiger partial charge in [-0.25, -0.2) is 4.98 Å². The van der Waals surface area contributed by atoms with Gasteiger partial charge < -0.3 is 9.47 Å². The molecule has 0 radical (unpaired) electrons. The smallest absolute Gasteiger partial charge is 0.321 e. The summed E-state index contributed by atoms with van der Waals surface area (Å²) in [7, 11) is 1.70. The first-order valence-electron chi connectivity index (χ1n) is 6.55. The van der Waals surface area contributed by atoms with E-state index in [1.54, 1.807) is 34.7 Å². The van der Waals surface area contributed by atoms with Crippen LogP contribution in [0.3, 0.4) is 0 Å². The van der Waals surface area contributed by atoms with Gasteiger partial charge in [-0.2, -0.15) is 5.10 Å². The third-order valence-corrected chi connectivity index (χ3v) is 2.46. The van der Waals surface area contributed by atoms with E-state index in [-0.39, 0.29) is 18.6 Å². The van der Waals surface area contributed by atoms with Crippen LogP contribution < -0.4 is 0 Å². The van der Waals surface area contributed by atoms with E-state index in [0.29, 0.717) is 5.82 Å². The molecule has 0 spiro atoms. The Kier molecular flexibility index (Phi) is 5.66. The van der Waals surface area contributed by atoms with Gasteiger partial charge in [-0.3, -0.25) is 14.3 Å². The molecule has 0 N–H and O–H groups in total. The second kappa shape index (κ2) is 7.02. The van der Waals surface area contributed by atoms with E-state index < -0.39 is 17.9 Å². The molecule has 1 aromatic heterocycles. The van der Waals surface area contributed by atoms with Crippen molar-refractivity contribution in [2.24, 2.45) is 13.0 Å². The summed E-state index contributed by atoms with van der Waals surface area (Å²) < 4.78 is 11.7. The fourth-order valence-electron chi connectivity index (χ4n) is 1.58. The first-order valence-corrected chi connectivity index (χ1v) is 6.55. The van der Waals surface area contributed by atoms with Gasteiger partial charge in [-0.1, -0.05) is 0 Å². The van der Waals surface area contributed by atoms with Crippen molar-refractivity contribution in [2.75, 3.05) is 0 Å². The molecular weight excluding hydrogens is 262 g/mol. The molecule has 7 heteroatoms. The molecule has 0 aromatic carbocycles. The molecule has 0 aliphatic rings. The fourth-order valence-corrected chi connectivity index (χ4v) is 1.58. The summed E-state index contributed by atoms with van der Waals surface area (Å²) in [4.78, 5) is 28.1. The lowest BCUT2D eigenvalue weighted by atomic mass is 10.1. The summed E-state index contributed by atoms with van der Waals surface area (Å²) in [5.41, 5.74) is 0. The van der Waals surface area contributed by atoms with Gasteiger partial charge in [-0.15, -0.1) is 0 Å².